The summed E-state index contributed by atoms with van der Waals surface area (Å²) in [5.74, 6) is 0.217. The summed E-state index contributed by atoms with van der Waals surface area (Å²) in [6.45, 7) is 3.03. The molecule has 1 N–H and O–H groups in total. The van der Waals surface area contributed by atoms with Gasteiger partial charge in [-0.25, -0.2) is 4.98 Å². The third kappa shape index (κ3) is 2.15. The maximum Gasteiger partial charge on any atom is 0.262 e. The summed E-state index contributed by atoms with van der Waals surface area (Å²) in [4.78, 5) is 29.9. The van der Waals surface area contributed by atoms with Crippen LogP contribution in [0, 0.1) is 6.92 Å². The Morgan fingerprint density at radius 2 is 1.88 bits per heavy atom. The molecule has 17 heavy (non-hydrogen) atoms. The number of H-pyrrole nitrogens is 1. The molecule has 0 saturated carbocycles. The Morgan fingerprint density at radius 1 is 1.24 bits per heavy atom. The van der Waals surface area contributed by atoms with Gasteiger partial charge in [-0.15, -0.1) is 0 Å². The van der Waals surface area contributed by atoms with Crippen molar-refractivity contribution in [3.8, 4) is 11.4 Å². The first-order chi connectivity index (χ1) is 8.09. The van der Waals surface area contributed by atoms with Crippen LogP contribution in [0.5, 0.6) is 0 Å². The van der Waals surface area contributed by atoms with E-state index in [2.05, 4.69) is 9.97 Å². The van der Waals surface area contributed by atoms with Crippen molar-refractivity contribution in [1.82, 2.24) is 9.97 Å². The summed E-state index contributed by atoms with van der Waals surface area (Å²) < 4.78 is 0. The van der Waals surface area contributed by atoms with Gasteiger partial charge in [-0.05, 0) is 13.8 Å². The van der Waals surface area contributed by atoms with E-state index in [1.54, 1.807) is 6.92 Å². The average Bonchev–Trinajstić information content (AvgIpc) is 2.28. The van der Waals surface area contributed by atoms with Gasteiger partial charge in [0.05, 0.1) is 5.69 Å². The summed E-state index contributed by atoms with van der Waals surface area (Å²) in [5.41, 5.74) is 1.02. The average molecular weight is 228 g/mol. The number of ketones is 1. The van der Waals surface area contributed by atoms with Crippen LogP contribution in [0.15, 0.2) is 35.1 Å². The summed E-state index contributed by atoms with van der Waals surface area (Å²) >= 11 is 0. The van der Waals surface area contributed by atoms with Gasteiger partial charge < -0.3 is 4.98 Å². The molecular formula is C13H12N2O2. The van der Waals surface area contributed by atoms with Crippen molar-refractivity contribution in [2.24, 2.45) is 0 Å². The predicted octanol–water partition coefficient (Wildman–Crippen LogP) is 1.95. The number of aromatic nitrogens is 2. The van der Waals surface area contributed by atoms with Crippen molar-refractivity contribution in [2.75, 3.05) is 0 Å². The molecule has 2 rings (SSSR count). The number of benzene rings is 1. The van der Waals surface area contributed by atoms with Crippen LogP contribution in [-0.2, 0) is 0 Å². The molecule has 0 fully saturated rings. The Balaban J connectivity index is 2.62. The van der Waals surface area contributed by atoms with Gasteiger partial charge in [-0.1, -0.05) is 30.3 Å². The van der Waals surface area contributed by atoms with Crippen LogP contribution in [0.4, 0.5) is 0 Å². The minimum absolute atomic E-state index is 0.129. The molecule has 0 radical (unpaired) electrons. The summed E-state index contributed by atoms with van der Waals surface area (Å²) in [6.07, 6.45) is 0. The van der Waals surface area contributed by atoms with Crippen LogP contribution in [-0.4, -0.2) is 15.8 Å². The van der Waals surface area contributed by atoms with E-state index in [1.807, 2.05) is 30.3 Å². The third-order valence-electron chi connectivity index (χ3n) is 2.50. The molecule has 0 aliphatic carbocycles. The van der Waals surface area contributed by atoms with Crippen LogP contribution in [0.2, 0.25) is 0 Å². The van der Waals surface area contributed by atoms with Gasteiger partial charge in [0.2, 0.25) is 0 Å². The second kappa shape index (κ2) is 4.33. The normalized spacial score (nSPS) is 10.2. The number of nitrogens with zero attached hydrogens (tertiary/aromatic N) is 1. The fraction of sp³-hybridized carbons (Fsp3) is 0.154. The van der Waals surface area contributed by atoms with E-state index in [0.29, 0.717) is 11.5 Å². The molecule has 0 aliphatic rings. The number of carbonyl (C=O) groups excluding carboxylic acids is 1. The van der Waals surface area contributed by atoms with Crippen LogP contribution in [0.1, 0.15) is 23.0 Å². The van der Waals surface area contributed by atoms with E-state index in [0.717, 1.165) is 5.56 Å². The Morgan fingerprint density at radius 3 is 2.41 bits per heavy atom. The van der Waals surface area contributed by atoms with Crippen molar-refractivity contribution in [2.45, 2.75) is 13.8 Å². The lowest BCUT2D eigenvalue weighted by molar-refractivity contribution is 0.101. The number of rotatable bonds is 2. The molecular weight excluding hydrogens is 216 g/mol. The van der Waals surface area contributed by atoms with Crippen molar-refractivity contribution < 1.29 is 4.79 Å². The SMILES string of the molecule is CC(=O)c1c(C)nc(-c2ccccc2)[nH]c1=O. The van der Waals surface area contributed by atoms with Gasteiger partial charge in [0.1, 0.15) is 11.4 Å². The van der Waals surface area contributed by atoms with Crippen LogP contribution in [0.3, 0.4) is 0 Å². The standard InChI is InChI=1S/C13H12N2O2/c1-8-11(9(2)16)13(17)15-12(14-8)10-6-4-3-5-7-10/h3-7H,1-2H3,(H,14,15,17). The molecule has 86 valence electrons. The summed E-state index contributed by atoms with van der Waals surface area (Å²) in [5, 5.41) is 0. The van der Waals surface area contributed by atoms with Gasteiger partial charge in [0.25, 0.3) is 5.56 Å². The quantitative estimate of drug-likeness (QED) is 0.799. The number of Topliss-reactive ketones (excluding diaryl/α,β-unsaturated/α-hetero) is 1. The van der Waals surface area contributed by atoms with E-state index < -0.39 is 0 Å². The molecule has 0 saturated heterocycles. The zero-order valence-corrected chi connectivity index (χ0v) is 9.65. The highest BCUT2D eigenvalue weighted by Gasteiger charge is 2.12. The monoisotopic (exact) mass is 228 g/mol. The van der Waals surface area contributed by atoms with Crippen molar-refractivity contribution >= 4 is 5.78 Å². The molecule has 0 amide bonds. The molecule has 0 atom stereocenters. The predicted molar refractivity (Wildman–Crippen MR) is 65.0 cm³/mol. The van der Waals surface area contributed by atoms with Gasteiger partial charge in [-0.2, -0.15) is 0 Å². The van der Waals surface area contributed by atoms with E-state index in [1.165, 1.54) is 6.92 Å². The molecule has 0 unspecified atom stereocenters. The second-order valence-electron chi connectivity index (χ2n) is 3.80. The van der Waals surface area contributed by atoms with Crippen molar-refractivity contribution in [1.29, 1.82) is 0 Å². The van der Waals surface area contributed by atoms with Crippen molar-refractivity contribution in [3.63, 3.8) is 0 Å². The Bertz CT molecular complexity index is 615. The lowest BCUT2D eigenvalue weighted by atomic mass is 10.1. The number of nitrogens with one attached hydrogen (secondary N) is 1. The summed E-state index contributed by atoms with van der Waals surface area (Å²) in [7, 11) is 0. The fourth-order valence-corrected chi connectivity index (χ4v) is 1.73. The minimum atomic E-state index is -0.385. The Labute approximate surface area is 98.3 Å². The maximum absolute atomic E-state index is 11.8. The Hall–Kier alpha value is -2.23. The molecule has 4 heteroatoms. The summed E-state index contributed by atoms with van der Waals surface area (Å²) in [6, 6.07) is 9.32. The third-order valence-corrected chi connectivity index (χ3v) is 2.50. The molecule has 0 spiro atoms. The van der Waals surface area contributed by atoms with E-state index in [9.17, 15) is 9.59 Å². The highest BCUT2D eigenvalue weighted by Crippen LogP contribution is 2.13. The number of carbonyl (C=O) groups is 1. The number of aryl methyl sites for hydroxylation is 1. The Kier molecular flexibility index (Phi) is 2.87. The lowest BCUT2D eigenvalue weighted by Gasteiger charge is -2.04. The molecule has 0 aliphatic heterocycles. The van der Waals surface area contributed by atoms with Crippen LogP contribution < -0.4 is 5.56 Å². The number of hydrogen-bond donors (Lipinski definition) is 1. The first kappa shape index (κ1) is 11.3. The topological polar surface area (TPSA) is 62.8 Å². The second-order valence-corrected chi connectivity index (χ2v) is 3.80. The number of aromatic amines is 1. The number of hydrogen-bond acceptors (Lipinski definition) is 3. The maximum atomic E-state index is 11.8. The van der Waals surface area contributed by atoms with E-state index in [-0.39, 0.29) is 16.9 Å². The zero-order chi connectivity index (χ0) is 12.4. The van der Waals surface area contributed by atoms with Gasteiger partial charge >= 0.3 is 0 Å². The van der Waals surface area contributed by atoms with Crippen LogP contribution in [0.25, 0.3) is 11.4 Å². The lowest BCUT2D eigenvalue weighted by Crippen LogP contribution is -2.20. The largest absolute Gasteiger partial charge is 0.306 e. The molecule has 1 aromatic heterocycles. The van der Waals surface area contributed by atoms with Gasteiger partial charge in [-0.3, -0.25) is 9.59 Å². The molecule has 1 aromatic carbocycles. The molecule has 1 heterocycles. The van der Waals surface area contributed by atoms with Crippen molar-refractivity contribution in [3.05, 3.63) is 51.9 Å². The molecule has 0 bridgehead atoms. The minimum Gasteiger partial charge on any atom is -0.306 e. The first-order valence-electron chi connectivity index (χ1n) is 5.27. The highest BCUT2D eigenvalue weighted by molar-refractivity contribution is 5.94. The molecule has 2 aromatic rings. The first-order valence-corrected chi connectivity index (χ1v) is 5.27. The van der Waals surface area contributed by atoms with Gasteiger partial charge in [0, 0.05) is 5.56 Å². The van der Waals surface area contributed by atoms with Gasteiger partial charge in [0.15, 0.2) is 5.78 Å². The molecule has 4 nitrogen and oxygen atoms in total. The fourth-order valence-electron chi connectivity index (χ4n) is 1.73. The van der Waals surface area contributed by atoms with Crippen LogP contribution >= 0.6 is 0 Å². The zero-order valence-electron chi connectivity index (χ0n) is 9.65. The highest BCUT2D eigenvalue weighted by atomic mass is 16.1. The smallest absolute Gasteiger partial charge is 0.262 e. The van der Waals surface area contributed by atoms with E-state index in [4.69, 9.17) is 0 Å². The van der Waals surface area contributed by atoms with E-state index >= 15 is 0 Å².